The van der Waals surface area contributed by atoms with Crippen molar-refractivity contribution in [1.82, 2.24) is 24.5 Å². The van der Waals surface area contributed by atoms with Crippen LogP contribution in [0.4, 0.5) is 10.5 Å². The number of amides is 1. The lowest BCUT2D eigenvalue weighted by Crippen LogP contribution is -2.51. The molecule has 0 spiro atoms. The van der Waals surface area contributed by atoms with E-state index in [4.69, 9.17) is 4.74 Å². The molecule has 3 heterocycles. The van der Waals surface area contributed by atoms with Crippen LogP contribution in [0, 0.1) is 0 Å². The number of piperazine rings is 1. The fraction of sp³-hybridized carbons (Fsp3) is 0.571. The maximum Gasteiger partial charge on any atom is 0.410 e. The van der Waals surface area contributed by atoms with Crippen LogP contribution < -0.4 is 10.5 Å². The summed E-state index contributed by atoms with van der Waals surface area (Å²) < 4.78 is 6.76. The van der Waals surface area contributed by atoms with Gasteiger partial charge < -0.3 is 19.6 Å². The number of aromatic nitrogens is 4. The van der Waals surface area contributed by atoms with Gasteiger partial charge in [0.15, 0.2) is 5.69 Å². The fourth-order valence-corrected chi connectivity index (χ4v) is 2.93. The summed E-state index contributed by atoms with van der Waals surface area (Å²) in [5.41, 5.74) is -0.917. The van der Waals surface area contributed by atoms with Crippen LogP contribution in [-0.2, 0) is 4.74 Å². The van der Waals surface area contributed by atoms with Crippen molar-refractivity contribution in [2.24, 2.45) is 0 Å². The number of rotatable bonds is 1. The lowest BCUT2D eigenvalue weighted by Gasteiger charge is -2.36. The van der Waals surface area contributed by atoms with Crippen LogP contribution in [0.25, 0.3) is 5.78 Å². The summed E-state index contributed by atoms with van der Waals surface area (Å²) in [6.45, 7) is 6.97. The number of nitrogens with one attached hydrogen (secondary N) is 1. The number of anilines is 1. The van der Waals surface area contributed by atoms with E-state index in [-0.39, 0.29) is 28.2 Å². The zero-order valence-corrected chi connectivity index (χ0v) is 15.7. The lowest BCUT2D eigenvalue weighted by molar-refractivity contribution is 0.0240. The highest BCUT2D eigenvalue weighted by Crippen LogP contribution is 2.24. The quantitative estimate of drug-likeness (QED) is 0.712. The van der Waals surface area contributed by atoms with Gasteiger partial charge in [-0.1, -0.05) is 0 Å². The number of fused-ring (bicyclic) bond motifs is 1. The lowest BCUT2D eigenvalue weighted by atomic mass is 10.2. The third-order valence-corrected chi connectivity index (χ3v) is 4.02. The monoisotopic (exact) mass is 414 g/mol. The molecule has 2 aromatic rings. The highest BCUT2D eigenvalue weighted by Gasteiger charge is 2.29. The summed E-state index contributed by atoms with van der Waals surface area (Å²) in [6.07, 6.45) is -0.388. The van der Waals surface area contributed by atoms with E-state index in [1.807, 2.05) is 20.8 Å². The van der Waals surface area contributed by atoms with Crippen LogP contribution in [0.15, 0.2) is 9.53 Å². The Balaban J connectivity index is 1.78. The maximum absolute atomic E-state index is 12.3. The van der Waals surface area contributed by atoms with Gasteiger partial charge in [-0.15, -0.1) is 5.10 Å². The van der Waals surface area contributed by atoms with E-state index < -0.39 is 11.2 Å². The van der Waals surface area contributed by atoms with E-state index in [1.54, 1.807) is 9.80 Å². The number of H-pyrrole nitrogens is 1. The fourth-order valence-electron chi connectivity index (χ4n) is 2.60. The molecule has 0 atom stereocenters. The SMILES string of the molecule is CC(C)(C)OC(=O)N1CCN(c2c(O)n3nc(Br)nc3[nH]c2=O)CC1. The van der Waals surface area contributed by atoms with Crippen LogP contribution in [0.3, 0.4) is 0 Å². The molecule has 0 bridgehead atoms. The van der Waals surface area contributed by atoms with Crippen molar-refractivity contribution in [3.8, 4) is 5.88 Å². The third-order valence-electron chi connectivity index (χ3n) is 3.68. The van der Waals surface area contributed by atoms with E-state index in [9.17, 15) is 14.7 Å². The second-order valence-corrected chi connectivity index (χ2v) is 7.41. The summed E-state index contributed by atoms with van der Waals surface area (Å²) in [4.78, 5) is 34.2. The summed E-state index contributed by atoms with van der Waals surface area (Å²) >= 11 is 3.10. The van der Waals surface area contributed by atoms with Crippen LogP contribution in [-0.4, -0.2) is 67.5 Å². The number of nitrogens with zero attached hydrogens (tertiary/aromatic N) is 5. The van der Waals surface area contributed by atoms with Crippen molar-refractivity contribution in [3.05, 3.63) is 15.1 Å². The molecule has 25 heavy (non-hydrogen) atoms. The molecule has 136 valence electrons. The minimum atomic E-state index is -0.560. The van der Waals surface area contributed by atoms with E-state index in [1.165, 1.54) is 0 Å². The van der Waals surface area contributed by atoms with Crippen molar-refractivity contribution in [1.29, 1.82) is 0 Å². The molecule has 0 saturated carbocycles. The van der Waals surface area contributed by atoms with Gasteiger partial charge in [0.25, 0.3) is 5.56 Å². The summed E-state index contributed by atoms with van der Waals surface area (Å²) in [5.74, 6) is -0.145. The first-order chi connectivity index (χ1) is 11.7. The van der Waals surface area contributed by atoms with Gasteiger partial charge in [-0.05, 0) is 36.7 Å². The zero-order chi connectivity index (χ0) is 18.4. The van der Waals surface area contributed by atoms with Crippen molar-refractivity contribution in [2.45, 2.75) is 26.4 Å². The van der Waals surface area contributed by atoms with E-state index in [0.29, 0.717) is 26.2 Å². The number of aromatic hydroxyl groups is 1. The number of aromatic amines is 1. The Bertz CT molecular complexity index is 863. The largest absolute Gasteiger partial charge is 0.492 e. The summed E-state index contributed by atoms with van der Waals surface area (Å²) in [6, 6.07) is 0. The number of ether oxygens (including phenoxy) is 1. The molecule has 3 rings (SSSR count). The van der Waals surface area contributed by atoms with Crippen LogP contribution >= 0.6 is 15.9 Å². The number of hydrogen-bond donors (Lipinski definition) is 2. The molecule has 1 saturated heterocycles. The standard InChI is InChI=1S/C14H19BrN6O4/c1-14(2,3)25-13(24)20-6-4-19(5-7-20)8-9(22)16-12-17-11(15)18-21(12)10(8)23/h23H,4-7H2,1-3H3,(H,16,17,18,22). The van der Waals surface area contributed by atoms with Crippen molar-refractivity contribution >= 4 is 33.5 Å². The first-order valence-electron chi connectivity index (χ1n) is 7.76. The molecule has 1 amide bonds. The van der Waals surface area contributed by atoms with Gasteiger partial charge in [0.2, 0.25) is 16.4 Å². The molecule has 11 heteroatoms. The molecule has 1 aliphatic heterocycles. The Morgan fingerprint density at radius 1 is 1.28 bits per heavy atom. The molecular formula is C14H19BrN6O4. The topological polar surface area (TPSA) is 116 Å². The van der Waals surface area contributed by atoms with Crippen molar-refractivity contribution in [2.75, 3.05) is 31.1 Å². The van der Waals surface area contributed by atoms with E-state index in [0.717, 1.165) is 4.52 Å². The Morgan fingerprint density at radius 2 is 1.92 bits per heavy atom. The molecule has 0 unspecified atom stereocenters. The predicted octanol–water partition coefficient (Wildman–Crippen LogP) is 0.943. The van der Waals surface area contributed by atoms with Crippen LogP contribution in [0.5, 0.6) is 5.88 Å². The summed E-state index contributed by atoms with van der Waals surface area (Å²) in [7, 11) is 0. The van der Waals surface area contributed by atoms with Gasteiger partial charge in [-0.25, -0.2) is 4.79 Å². The average molecular weight is 415 g/mol. The van der Waals surface area contributed by atoms with Gasteiger partial charge in [0, 0.05) is 26.2 Å². The smallest absolute Gasteiger partial charge is 0.410 e. The van der Waals surface area contributed by atoms with Crippen LogP contribution in [0.2, 0.25) is 0 Å². The minimum absolute atomic E-state index is 0.105. The zero-order valence-electron chi connectivity index (χ0n) is 14.1. The predicted molar refractivity (Wildman–Crippen MR) is 93.0 cm³/mol. The minimum Gasteiger partial charge on any atom is -0.492 e. The number of carbonyl (C=O) groups excluding carboxylic acids is 1. The number of hydrogen-bond acceptors (Lipinski definition) is 7. The van der Waals surface area contributed by atoms with Crippen molar-refractivity contribution < 1.29 is 14.6 Å². The molecule has 1 fully saturated rings. The highest BCUT2D eigenvalue weighted by atomic mass is 79.9. The molecule has 1 aliphatic rings. The maximum atomic E-state index is 12.3. The first kappa shape index (κ1) is 17.5. The third kappa shape index (κ3) is 3.55. The van der Waals surface area contributed by atoms with E-state index in [2.05, 4.69) is 31.0 Å². The van der Waals surface area contributed by atoms with Gasteiger partial charge in [-0.3, -0.25) is 9.78 Å². The molecule has 0 aromatic carbocycles. The Labute approximate surface area is 151 Å². The summed E-state index contributed by atoms with van der Waals surface area (Å²) in [5, 5.41) is 14.4. The molecule has 0 radical (unpaired) electrons. The first-order valence-corrected chi connectivity index (χ1v) is 8.55. The average Bonchev–Trinajstić information content (AvgIpc) is 2.87. The molecule has 2 aromatic heterocycles. The van der Waals surface area contributed by atoms with Crippen molar-refractivity contribution in [3.63, 3.8) is 0 Å². The second kappa shape index (κ2) is 6.21. The second-order valence-electron chi connectivity index (χ2n) is 6.70. The van der Waals surface area contributed by atoms with Crippen LogP contribution in [0.1, 0.15) is 20.8 Å². The van der Waals surface area contributed by atoms with Gasteiger partial charge in [0.1, 0.15) is 5.60 Å². The molecule has 2 N–H and O–H groups in total. The van der Waals surface area contributed by atoms with Gasteiger partial charge in [-0.2, -0.15) is 9.50 Å². The Kier molecular flexibility index (Phi) is 4.35. The highest BCUT2D eigenvalue weighted by molar-refractivity contribution is 9.10. The van der Waals surface area contributed by atoms with E-state index >= 15 is 0 Å². The number of carbonyl (C=O) groups is 1. The van der Waals surface area contributed by atoms with Gasteiger partial charge >= 0.3 is 6.09 Å². The molecular weight excluding hydrogens is 396 g/mol. The normalized spacial score (nSPS) is 15.7. The Hall–Kier alpha value is -2.30. The van der Waals surface area contributed by atoms with Gasteiger partial charge in [0.05, 0.1) is 0 Å². The Morgan fingerprint density at radius 3 is 2.52 bits per heavy atom. The molecule has 0 aliphatic carbocycles. The number of halogens is 1. The molecule has 10 nitrogen and oxygen atoms in total.